The van der Waals surface area contributed by atoms with Gasteiger partial charge in [0.1, 0.15) is 6.61 Å². The Morgan fingerprint density at radius 2 is 1.95 bits per heavy atom. The van der Waals surface area contributed by atoms with Crippen LogP contribution in [-0.2, 0) is 16.1 Å². The molecule has 5 heteroatoms. The summed E-state index contributed by atoms with van der Waals surface area (Å²) in [6.45, 7) is 0.589. The summed E-state index contributed by atoms with van der Waals surface area (Å²) in [6, 6.07) is 9.42. The van der Waals surface area contributed by atoms with Crippen molar-refractivity contribution in [1.29, 1.82) is 0 Å². The molecule has 1 aliphatic rings. The second-order valence-corrected chi connectivity index (χ2v) is 5.34. The van der Waals surface area contributed by atoms with E-state index in [1.165, 1.54) is 0 Å². The summed E-state index contributed by atoms with van der Waals surface area (Å²) in [5.74, 6) is -0.816. The van der Waals surface area contributed by atoms with Crippen LogP contribution in [0.3, 0.4) is 0 Å². The molecule has 108 valence electrons. The van der Waals surface area contributed by atoms with Gasteiger partial charge in [0, 0.05) is 6.54 Å². The maximum absolute atomic E-state index is 11.6. The molecule has 0 radical (unpaired) electrons. The van der Waals surface area contributed by atoms with Gasteiger partial charge in [0.25, 0.3) is 0 Å². The maximum atomic E-state index is 11.6. The lowest BCUT2D eigenvalue weighted by atomic mass is 9.66. The minimum absolute atomic E-state index is 0.103. The standard InChI is InChI=1S/C15H19NO4/c17-13(18)9-15(7-4-8-15)11-16-14(19)20-10-12-5-2-1-3-6-12/h1-3,5-6H,4,7-11H2,(H,16,19)(H,17,18). The average molecular weight is 277 g/mol. The van der Waals surface area contributed by atoms with Crippen molar-refractivity contribution in [3.05, 3.63) is 35.9 Å². The maximum Gasteiger partial charge on any atom is 0.407 e. The summed E-state index contributed by atoms with van der Waals surface area (Å²) in [6.07, 6.45) is 2.32. The zero-order valence-electron chi connectivity index (χ0n) is 11.3. The molecule has 5 nitrogen and oxygen atoms in total. The number of hydrogen-bond acceptors (Lipinski definition) is 3. The summed E-state index contributed by atoms with van der Waals surface area (Å²) >= 11 is 0. The predicted octanol–water partition coefficient (Wildman–Crippen LogP) is 2.56. The van der Waals surface area contributed by atoms with Crippen molar-refractivity contribution in [2.45, 2.75) is 32.3 Å². The van der Waals surface area contributed by atoms with Gasteiger partial charge in [0.15, 0.2) is 0 Å². The van der Waals surface area contributed by atoms with Crippen molar-refractivity contribution in [3.63, 3.8) is 0 Å². The van der Waals surface area contributed by atoms with E-state index in [0.717, 1.165) is 24.8 Å². The summed E-state index contributed by atoms with van der Waals surface area (Å²) in [5, 5.41) is 11.6. The van der Waals surface area contributed by atoms with Crippen molar-refractivity contribution in [2.75, 3.05) is 6.54 Å². The van der Waals surface area contributed by atoms with Gasteiger partial charge < -0.3 is 15.2 Å². The van der Waals surface area contributed by atoms with Crippen LogP contribution in [0.5, 0.6) is 0 Å². The van der Waals surface area contributed by atoms with Crippen LogP contribution in [0.4, 0.5) is 4.79 Å². The molecule has 0 aliphatic heterocycles. The largest absolute Gasteiger partial charge is 0.481 e. The van der Waals surface area contributed by atoms with Crippen LogP contribution in [0.2, 0.25) is 0 Å². The molecule has 20 heavy (non-hydrogen) atoms. The quantitative estimate of drug-likeness (QED) is 0.838. The van der Waals surface area contributed by atoms with Crippen LogP contribution >= 0.6 is 0 Å². The number of aliphatic carboxylic acids is 1. The van der Waals surface area contributed by atoms with Gasteiger partial charge in [-0.3, -0.25) is 4.79 Å². The Morgan fingerprint density at radius 3 is 2.50 bits per heavy atom. The van der Waals surface area contributed by atoms with Gasteiger partial charge in [-0.1, -0.05) is 36.8 Å². The average Bonchev–Trinajstić information content (AvgIpc) is 2.40. The van der Waals surface area contributed by atoms with E-state index in [9.17, 15) is 9.59 Å². The van der Waals surface area contributed by atoms with E-state index in [4.69, 9.17) is 9.84 Å². The van der Waals surface area contributed by atoms with Crippen molar-refractivity contribution in [1.82, 2.24) is 5.32 Å². The highest BCUT2D eigenvalue weighted by atomic mass is 16.5. The number of nitrogens with one attached hydrogen (secondary N) is 1. The Balaban J connectivity index is 1.73. The van der Waals surface area contributed by atoms with Gasteiger partial charge >= 0.3 is 12.1 Å². The first-order valence-corrected chi connectivity index (χ1v) is 6.76. The third-order valence-corrected chi connectivity index (χ3v) is 3.76. The highest BCUT2D eigenvalue weighted by Crippen LogP contribution is 2.43. The number of carbonyl (C=O) groups is 2. The van der Waals surface area contributed by atoms with Crippen LogP contribution in [-0.4, -0.2) is 23.7 Å². The molecule has 0 bridgehead atoms. The first kappa shape index (κ1) is 14.4. The number of rotatable bonds is 6. The normalized spacial score (nSPS) is 16.0. The van der Waals surface area contributed by atoms with Crippen LogP contribution < -0.4 is 5.32 Å². The predicted molar refractivity (Wildman–Crippen MR) is 73.2 cm³/mol. The summed E-state index contributed by atoms with van der Waals surface area (Å²) in [7, 11) is 0. The Kier molecular flexibility index (Phi) is 4.61. The molecule has 1 fully saturated rings. The molecule has 1 amide bonds. The number of alkyl carbamates (subject to hydrolysis) is 1. The molecule has 1 saturated carbocycles. The van der Waals surface area contributed by atoms with Crippen molar-refractivity contribution >= 4 is 12.1 Å². The smallest absolute Gasteiger partial charge is 0.407 e. The lowest BCUT2D eigenvalue weighted by Crippen LogP contribution is -2.43. The molecule has 0 unspecified atom stereocenters. The SMILES string of the molecule is O=C(O)CC1(CNC(=O)OCc2ccccc2)CCC1. The molecular weight excluding hydrogens is 258 g/mol. The van der Waals surface area contributed by atoms with E-state index in [1.807, 2.05) is 30.3 Å². The number of ether oxygens (including phenoxy) is 1. The number of hydrogen-bond donors (Lipinski definition) is 2. The van der Waals surface area contributed by atoms with E-state index < -0.39 is 12.1 Å². The minimum atomic E-state index is -0.816. The second-order valence-electron chi connectivity index (χ2n) is 5.34. The third kappa shape index (κ3) is 3.98. The van der Waals surface area contributed by atoms with Crippen molar-refractivity contribution in [2.24, 2.45) is 5.41 Å². The molecule has 1 aromatic rings. The molecule has 0 heterocycles. The zero-order chi connectivity index (χ0) is 14.4. The van der Waals surface area contributed by atoms with Gasteiger partial charge in [0.05, 0.1) is 6.42 Å². The number of benzene rings is 1. The summed E-state index contributed by atoms with van der Waals surface area (Å²) in [5.41, 5.74) is 0.643. The van der Waals surface area contributed by atoms with E-state index in [1.54, 1.807) is 0 Å². The fourth-order valence-electron chi connectivity index (χ4n) is 2.45. The molecular formula is C15H19NO4. The summed E-state index contributed by atoms with van der Waals surface area (Å²) in [4.78, 5) is 22.4. The highest BCUT2D eigenvalue weighted by molar-refractivity contribution is 5.69. The first-order chi connectivity index (χ1) is 9.60. The first-order valence-electron chi connectivity index (χ1n) is 6.76. The van der Waals surface area contributed by atoms with E-state index in [-0.39, 0.29) is 18.4 Å². The fraction of sp³-hybridized carbons (Fsp3) is 0.467. The molecule has 1 aliphatic carbocycles. The van der Waals surface area contributed by atoms with E-state index >= 15 is 0 Å². The number of carboxylic acids is 1. The zero-order valence-corrected chi connectivity index (χ0v) is 11.3. The molecule has 0 atom stereocenters. The number of amides is 1. The Bertz CT molecular complexity index is 468. The molecule has 0 aromatic heterocycles. The van der Waals surface area contributed by atoms with Gasteiger partial charge in [-0.05, 0) is 23.8 Å². The number of carbonyl (C=O) groups excluding carboxylic acids is 1. The van der Waals surface area contributed by atoms with Gasteiger partial charge in [0.2, 0.25) is 0 Å². The highest BCUT2D eigenvalue weighted by Gasteiger charge is 2.39. The van der Waals surface area contributed by atoms with Gasteiger partial charge in [-0.15, -0.1) is 0 Å². The van der Waals surface area contributed by atoms with Crippen LogP contribution in [0.15, 0.2) is 30.3 Å². The van der Waals surface area contributed by atoms with E-state index in [2.05, 4.69) is 5.32 Å². The third-order valence-electron chi connectivity index (χ3n) is 3.76. The Labute approximate surface area is 117 Å². The minimum Gasteiger partial charge on any atom is -0.481 e. The monoisotopic (exact) mass is 277 g/mol. The van der Waals surface area contributed by atoms with E-state index in [0.29, 0.717) is 6.54 Å². The summed E-state index contributed by atoms with van der Waals surface area (Å²) < 4.78 is 5.10. The van der Waals surface area contributed by atoms with Crippen LogP contribution in [0, 0.1) is 5.41 Å². The van der Waals surface area contributed by atoms with Crippen molar-refractivity contribution < 1.29 is 19.4 Å². The van der Waals surface area contributed by atoms with Crippen LogP contribution in [0.25, 0.3) is 0 Å². The second kappa shape index (κ2) is 6.41. The van der Waals surface area contributed by atoms with Gasteiger partial charge in [-0.2, -0.15) is 0 Å². The Morgan fingerprint density at radius 1 is 1.25 bits per heavy atom. The number of carboxylic acid groups (broad SMARTS) is 1. The Hall–Kier alpha value is -2.04. The lowest BCUT2D eigenvalue weighted by molar-refractivity contribution is -0.141. The fourth-order valence-corrected chi connectivity index (χ4v) is 2.45. The molecule has 2 rings (SSSR count). The molecule has 0 spiro atoms. The topological polar surface area (TPSA) is 75.6 Å². The van der Waals surface area contributed by atoms with Crippen LogP contribution in [0.1, 0.15) is 31.2 Å². The molecule has 1 aromatic carbocycles. The lowest BCUT2D eigenvalue weighted by Gasteiger charge is -2.40. The molecule has 0 saturated heterocycles. The van der Waals surface area contributed by atoms with Crippen molar-refractivity contribution in [3.8, 4) is 0 Å². The molecule has 2 N–H and O–H groups in total. The van der Waals surface area contributed by atoms with Gasteiger partial charge in [-0.25, -0.2) is 4.79 Å².